The van der Waals surface area contributed by atoms with Crippen LogP contribution < -0.4 is 10.6 Å². The Balaban J connectivity index is 2.29. The number of ether oxygens (including phenoxy) is 1. The molecule has 8 heteroatoms. The van der Waals surface area contributed by atoms with Crippen LogP contribution in [0.2, 0.25) is 0 Å². The van der Waals surface area contributed by atoms with E-state index in [1.807, 2.05) is 25.1 Å². The molecule has 0 bridgehead atoms. The highest BCUT2D eigenvalue weighted by Crippen LogP contribution is 2.24. The third kappa shape index (κ3) is 7.13. The highest BCUT2D eigenvalue weighted by Gasteiger charge is 2.32. The molecule has 0 heterocycles. The first-order chi connectivity index (χ1) is 15.1. The van der Waals surface area contributed by atoms with Gasteiger partial charge in [0, 0.05) is 5.69 Å². The molecular formula is C24H28N4O4. The first-order valence-corrected chi connectivity index (χ1v) is 10.2. The van der Waals surface area contributed by atoms with Gasteiger partial charge < -0.3 is 20.3 Å². The summed E-state index contributed by atoms with van der Waals surface area (Å²) in [5.41, 5.74) is 1.28. The Morgan fingerprint density at radius 2 is 1.69 bits per heavy atom. The van der Waals surface area contributed by atoms with Crippen molar-refractivity contribution in [1.82, 2.24) is 10.2 Å². The molecule has 32 heavy (non-hydrogen) atoms. The van der Waals surface area contributed by atoms with Crippen LogP contribution in [0.25, 0.3) is 0 Å². The van der Waals surface area contributed by atoms with E-state index in [1.165, 1.54) is 0 Å². The second kappa shape index (κ2) is 11.0. The molecule has 168 valence electrons. The average Bonchev–Trinajstić information content (AvgIpc) is 2.73. The summed E-state index contributed by atoms with van der Waals surface area (Å²) in [7, 11) is 0. The molecule has 0 aliphatic carbocycles. The van der Waals surface area contributed by atoms with Crippen molar-refractivity contribution in [2.24, 2.45) is 0 Å². The number of carbonyl (C=O) groups is 3. The number of benzene rings is 2. The molecule has 0 aromatic heterocycles. The van der Waals surface area contributed by atoms with Gasteiger partial charge in [0.25, 0.3) is 5.91 Å². The van der Waals surface area contributed by atoms with Crippen molar-refractivity contribution in [3.63, 3.8) is 0 Å². The fraction of sp³-hybridized carbons (Fsp3) is 0.333. The highest BCUT2D eigenvalue weighted by atomic mass is 16.6. The summed E-state index contributed by atoms with van der Waals surface area (Å²) >= 11 is 0. The van der Waals surface area contributed by atoms with Crippen molar-refractivity contribution >= 4 is 23.6 Å². The Hall–Kier alpha value is -3.86. The smallest absolute Gasteiger partial charge is 0.408 e. The summed E-state index contributed by atoms with van der Waals surface area (Å²) in [5, 5.41) is 14.6. The molecule has 0 saturated carbocycles. The van der Waals surface area contributed by atoms with Gasteiger partial charge in [-0.2, -0.15) is 5.26 Å². The minimum atomic E-state index is -1.07. The Morgan fingerprint density at radius 3 is 2.28 bits per heavy atom. The van der Waals surface area contributed by atoms with E-state index in [1.54, 1.807) is 63.2 Å². The van der Waals surface area contributed by atoms with E-state index >= 15 is 0 Å². The van der Waals surface area contributed by atoms with Crippen LogP contribution in [-0.2, 0) is 14.3 Å². The molecule has 0 radical (unpaired) electrons. The number of para-hydroxylation sites is 1. The third-order valence-corrected chi connectivity index (χ3v) is 4.42. The van der Waals surface area contributed by atoms with Crippen molar-refractivity contribution in [3.8, 4) is 6.07 Å². The molecule has 1 unspecified atom stereocenters. The Morgan fingerprint density at radius 1 is 1.06 bits per heavy atom. The van der Waals surface area contributed by atoms with Crippen LogP contribution in [0.15, 0.2) is 54.6 Å². The molecule has 2 rings (SSSR count). The van der Waals surface area contributed by atoms with Crippen molar-refractivity contribution in [3.05, 3.63) is 65.7 Å². The number of nitriles is 1. The van der Waals surface area contributed by atoms with E-state index in [2.05, 4.69) is 10.6 Å². The predicted molar refractivity (Wildman–Crippen MR) is 121 cm³/mol. The Kier molecular flexibility index (Phi) is 8.36. The van der Waals surface area contributed by atoms with Crippen LogP contribution in [0.3, 0.4) is 0 Å². The molecule has 2 aromatic carbocycles. The molecule has 0 aliphatic rings. The van der Waals surface area contributed by atoms with Gasteiger partial charge in [0.1, 0.15) is 24.7 Å². The number of nitrogens with one attached hydrogen (secondary N) is 2. The molecule has 3 amide bonds. The van der Waals surface area contributed by atoms with Crippen LogP contribution in [0.5, 0.6) is 0 Å². The number of aryl methyl sites for hydroxylation is 1. The maximum Gasteiger partial charge on any atom is 0.408 e. The molecule has 0 fully saturated rings. The zero-order valence-corrected chi connectivity index (χ0v) is 18.7. The summed E-state index contributed by atoms with van der Waals surface area (Å²) < 4.78 is 5.15. The first kappa shape index (κ1) is 24.4. The van der Waals surface area contributed by atoms with Gasteiger partial charge in [-0.1, -0.05) is 48.5 Å². The van der Waals surface area contributed by atoms with Gasteiger partial charge in [-0.25, -0.2) is 4.79 Å². The molecule has 0 aliphatic heterocycles. The SMILES string of the molecule is Cc1ccccc1NC(=O)C(c1ccccc1)N(CC#N)C(=O)CNC(=O)OC(C)(C)C. The number of nitrogens with zero attached hydrogens (tertiary/aromatic N) is 2. The lowest BCUT2D eigenvalue weighted by Crippen LogP contribution is -2.46. The zero-order valence-electron chi connectivity index (χ0n) is 18.7. The molecular weight excluding hydrogens is 408 g/mol. The topological polar surface area (TPSA) is 112 Å². The molecule has 8 nitrogen and oxygen atoms in total. The second-order valence-corrected chi connectivity index (χ2v) is 8.15. The highest BCUT2D eigenvalue weighted by molar-refractivity contribution is 5.98. The molecule has 1 atom stereocenters. The number of carbonyl (C=O) groups excluding carboxylic acids is 3. The summed E-state index contributed by atoms with van der Waals surface area (Å²) in [6, 6.07) is 16.8. The zero-order chi connectivity index (χ0) is 23.7. The maximum absolute atomic E-state index is 13.3. The average molecular weight is 437 g/mol. The maximum atomic E-state index is 13.3. The van der Waals surface area contributed by atoms with Crippen molar-refractivity contribution in [1.29, 1.82) is 5.26 Å². The summed E-state index contributed by atoms with van der Waals surface area (Å²) in [6.45, 7) is 6.22. The monoisotopic (exact) mass is 436 g/mol. The van der Waals surface area contributed by atoms with Crippen LogP contribution in [0, 0.1) is 18.3 Å². The van der Waals surface area contributed by atoms with Crippen molar-refractivity contribution in [2.45, 2.75) is 39.3 Å². The Labute approximate surface area is 188 Å². The van der Waals surface area contributed by atoms with E-state index in [4.69, 9.17) is 4.74 Å². The summed E-state index contributed by atoms with van der Waals surface area (Å²) in [4.78, 5) is 39.3. The lowest BCUT2D eigenvalue weighted by molar-refractivity contribution is -0.137. The fourth-order valence-electron chi connectivity index (χ4n) is 2.99. The van der Waals surface area contributed by atoms with E-state index in [0.717, 1.165) is 10.5 Å². The van der Waals surface area contributed by atoms with E-state index in [9.17, 15) is 19.6 Å². The normalized spacial score (nSPS) is 11.6. The van der Waals surface area contributed by atoms with Gasteiger partial charge in [0.15, 0.2) is 0 Å². The molecule has 2 N–H and O–H groups in total. The van der Waals surface area contributed by atoms with E-state index in [0.29, 0.717) is 11.3 Å². The van der Waals surface area contributed by atoms with Gasteiger partial charge in [-0.15, -0.1) is 0 Å². The quantitative estimate of drug-likeness (QED) is 0.645. The first-order valence-electron chi connectivity index (χ1n) is 10.2. The van der Waals surface area contributed by atoms with Crippen molar-refractivity contribution in [2.75, 3.05) is 18.4 Å². The van der Waals surface area contributed by atoms with E-state index in [-0.39, 0.29) is 6.54 Å². The largest absolute Gasteiger partial charge is 0.444 e. The molecule has 0 saturated heterocycles. The van der Waals surface area contributed by atoms with Crippen molar-refractivity contribution < 1.29 is 19.1 Å². The van der Waals surface area contributed by atoms with Gasteiger partial charge in [-0.05, 0) is 44.9 Å². The minimum Gasteiger partial charge on any atom is -0.444 e. The van der Waals surface area contributed by atoms with Gasteiger partial charge in [0.2, 0.25) is 5.91 Å². The number of anilines is 1. The summed E-state index contributed by atoms with van der Waals surface area (Å²) in [6.07, 6.45) is -0.761. The van der Waals surface area contributed by atoms with Gasteiger partial charge in [0.05, 0.1) is 6.07 Å². The number of amides is 3. The minimum absolute atomic E-state index is 0.338. The number of hydrogen-bond acceptors (Lipinski definition) is 5. The van der Waals surface area contributed by atoms with Crippen LogP contribution in [0.1, 0.15) is 37.9 Å². The molecule has 2 aromatic rings. The molecule has 0 spiro atoms. The van der Waals surface area contributed by atoms with Crippen LogP contribution in [-0.4, -0.2) is 41.5 Å². The lowest BCUT2D eigenvalue weighted by Gasteiger charge is -2.30. The van der Waals surface area contributed by atoms with Gasteiger partial charge in [-0.3, -0.25) is 9.59 Å². The van der Waals surface area contributed by atoms with Gasteiger partial charge >= 0.3 is 6.09 Å². The Bertz CT molecular complexity index is 993. The van der Waals surface area contributed by atoms with Crippen LogP contribution >= 0.6 is 0 Å². The fourth-order valence-corrected chi connectivity index (χ4v) is 2.99. The third-order valence-electron chi connectivity index (χ3n) is 4.42. The second-order valence-electron chi connectivity index (χ2n) is 8.15. The standard InChI is InChI=1S/C24H28N4O4/c1-17-10-8-9-13-19(17)27-22(30)21(18-11-6-5-7-12-18)28(15-14-25)20(29)16-26-23(31)32-24(2,3)4/h5-13,21H,15-16H2,1-4H3,(H,26,31)(H,27,30). The van der Waals surface area contributed by atoms with Crippen LogP contribution in [0.4, 0.5) is 10.5 Å². The predicted octanol–water partition coefficient (Wildman–Crippen LogP) is 3.55. The lowest BCUT2D eigenvalue weighted by atomic mass is 10.0. The number of rotatable bonds is 7. The van der Waals surface area contributed by atoms with E-state index < -0.39 is 36.1 Å². The number of alkyl carbamates (subject to hydrolysis) is 1. The number of hydrogen-bond donors (Lipinski definition) is 2. The summed E-state index contributed by atoms with van der Waals surface area (Å²) in [5.74, 6) is -1.06.